The van der Waals surface area contributed by atoms with E-state index in [0.717, 1.165) is 18.6 Å². The Morgan fingerprint density at radius 2 is 2.00 bits per heavy atom. The van der Waals surface area contributed by atoms with Crippen LogP contribution < -0.4 is 10.1 Å². The number of nitrogens with one attached hydrogen (secondary N) is 1. The van der Waals surface area contributed by atoms with Gasteiger partial charge in [-0.15, -0.1) is 0 Å². The summed E-state index contributed by atoms with van der Waals surface area (Å²) in [6.07, 6.45) is 2.35. The molecule has 2 unspecified atom stereocenters. The average molecular weight is 334 g/mol. The highest BCUT2D eigenvalue weighted by atomic mass is 16.5. The van der Waals surface area contributed by atoms with Crippen LogP contribution in [-0.2, 0) is 11.2 Å². The zero-order valence-corrected chi connectivity index (χ0v) is 14.3. The summed E-state index contributed by atoms with van der Waals surface area (Å²) in [7, 11) is 1.64. The van der Waals surface area contributed by atoms with Gasteiger partial charge < -0.3 is 20.1 Å². The van der Waals surface area contributed by atoms with Crippen LogP contribution in [0.2, 0.25) is 0 Å². The van der Waals surface area contributed by atoms with Crippen LogP contribution in [0.25, 0.3) is 0 Å². The molecular formula is C18H26N2O4. The molecular weight excluding hydrogens is 308 g/mol. The number of likely N-dealkylation sites (tertiary alicyclic amines) is 1. The van der Waals surface area contributed by atoms with Crippen molar-refractivity contribution in [3.63, 3.8) is 0 Å². The largest absolute Gasteiger partial charge is 0.497 e. The van der Waals surface area contributed by atoms with E-state index in [-0.39, 0.29) is 11.9 Å². The highest BCUT2D eigenvalue weighted by molar-refractivity contribution is 5.76. The number of aliphatic carboxylic acids is 1. The third-order valence-electron chi connectivity index (χ3n) is 4.37. The summed E-state index contributed by atoms with van der Waals surface area (Å²) in [6, 6.07) is 7.72. The van der Waals surface area contributed by atoms with Crippen molar-refractivity contribution in [1.82, 2.24) is 10.2 Å². The number of benzene rings is 1. The first-order chi connectivity index (χ1) is 11.5. The number of amides is 2. The quantitative estimate of drug-likeness (QED) is 0.783. The molecule has 1 saturated heterocycles. The molecule has 24 heavy (non-hydrogen) atoms. The molecule has 0 aromatic heterocycles. The van der Waals surface area contributed by atoms with E-state index >= 15 is 0 Å². The van der Waals surface area contributed by atoms with Gasteiger partial charge in [0.25, 0.3) is 0 Å². The fraction of sp³-hybridized carbons (Fsp3) is 0.556. The topological polar surface area (TPSA) is 78.9 Å². The number of carbonyl (C=O) groups excluding carboxylic acids is 1. The predicted molar refractivity (Wildman–Crippen MR) is 91.2 cm³/mol. The van der Waals surface area contributed by atoms with Gasteiger partial charge in [-0.25, -0.2) is 4.79 Å². The molecule has 0 radical (unpaired) electrons. The summed E-state index contributed by atoms with van der Waals surface area (Å²) in [5.74, 6) is -0.234. The van der Waals surface area contributed by atoms with Gasteiger partial charge >= 0.3 is 12.0 Å². The Kier molecular flexibility index (Phi) is 6.46. The molecule has 2 amide bonds. The molecule has 1 fully saturated rings. The van der Waals surface area contributed by atoms with E-state index in [0.29, 0.717) is 26.1 Å². The molecule has 1 aromatic rings. The highest BCUT2D eigenvalue weighted by Gasteiger charge is 2.31. The van der Waals surface area contributed by atoms with E-state index in [9.17, 15) is 9.59 Å². The van der Waals surface area contributed by atoms with E-state index in [4.69, 9.17) is 9.84 Å². The molecule has 0 bridgehead atoms. The first-order valence-corrected chi connectivity index (χ1v) is 8.38. The van der Waals surface area contributed by atoms with E-state index in [1.54, 1.807) is 12.0 Å². The summed E-state index contributed by atoms with van der Waals surface area (Å²) in [5, 5.41) is 12.1. The van der Waals surface area contributed by atoms with Crippen LogP contribution >= 0.6 is 0 Å². The van der Waals surface area contributed by atoms with Crippen molar-refractivity contribution in [2.24, 2.45) is 11.8 Å². The second kappa shape index (κ2) is 8.57. The van der Waals surface area contributed by atoms with Gasteiger partial charge in [0.15, 0.2) is 0 Å². The SMILES string of the molecule is COc1ccc(CCCNC(=O)N2CC(C)CC(C(=O)O)C2)cc1. The molecule has 0 spiro atoms. The number of carboxylic acids is 1. The first-order valence-electron chi connectivity index (χ1n) is 8.38. The van der Waals surface area contributed by atoms with Crippen molar-refractivity contribution in [3.05, 3.63) is 29.8 Å². The third-order valence-corrected chi connectivity index (χ3v) is 4.37. The van der Waals surface area contributed by atoms with Crippen LogP contribution in [0.5, 0.6) is 5.75 Å². The Hall–Kier alpha value is -2.24. The third kappa shape index (κ3) is 5.15. The Balaban J connectivity index is 1.73. The second-order valence-corrected chi connectivity index (χ2v) is 6.46. The number of piperidine rings is 1. The monoisotopic (exact) mass is 334 g/mol. The number of carboxylic acid groups (broad SMARTS) is 1. The van der Waals surface area contributed by atoms with Crippen molar-refractivity contribution in [2.45, 2.75) is 26.2 Å². The van der Waals surface area contributed by atoms with Crippen molar-refractivity contribution in [2.75, 3.05) is 26.7 Å². The molecule has 2 atom stereocenters. The lowest BCUT2D eigenvalue weighted by Gasteiger charge is -2.34. The number of rotatable bonds is 6. The van der Waals surface area contributed by atoms with Gasteiger partial charge in [-0.2, -0.15) is 0 Å². The maximum Gasteiger partial charge on any atom is 0.317 e. The summed E-state index contributed by atoms with van der Waals surface area (Å²) in [5.41, 5.74) is 1.20. The van der Waals surface area contributed by atoms with Gasteiger partial charge in [0, 0.05) is 19.6 Å². The number of hydrogen-bond acceptors (Lipinski definition) is 3. The van der Waals surface area contributed by atoms with Gasteiger partial charge in [0.2, 0.25) is 0 Å². The standard InChI is InChI=1S/C18H26N2O4/c1-13-10-15(17(21)22)12-20(11-13)18(23)19-9-3-4-14-5-7-16(24-2)8-6-14/h5-8,13,15H,3-4,9-12H2,1-2H3,(H,19,23)(H,21,22). The van der Waals surface area contributed by atoms with Crippen molar-refractivity contribution < 1.29 is 19.4 Å². The number of hydrogen-bond donors (Lipinski definition) is 2. The molecule has 0 aliphatic carbocycles. The van der Waals surface area contributed by atoms with Crippen LogP contribution in [0.3, 0.4) is 0 Å². The molecule has 6 nitrogen and oxygen atoms in total. The normalized spacial score (nSPS) is 20.5. The van der Waals surface area contributed by atoms with E-state index in [1.165, 1.54) is 5.56 Å². The lowest BCUT2D eigenvalue weighted by molar-refractivity contribution is -0.143. The minimum absolute atomic E-state index is 0.164. The predicted octanol–water partition coefficient (Wildman–Crippen LogP) is 2.38. The molecule has 6 heteroatoms. The van der Waals surface area contributed by atoms with E-state index in [1.807, 2.05) is 31.2 Å². The lowest BCUT2D eigenvalue weighted by atomic mass is 9.91. The molecule has 1 aliphatic rings. The molecule has 1 aromatic carbocycles. The number of nitrogens with zero attached hydrogens (tertiary/aromatic N) is 1. The summed E-state index contributed by atoms with van der Waals surface area (Å²) in [6.45, 7) is 3.48. The number of ether oxygens (including phenoxy) is 1. The number of carbonyl (C=O) groups is 2. The zero-order valence-electron chi connectivity index (χ0n) is 14.3. The molecule has 1 heterocycles. The maximum absolute atomic E-state index is 12.2. The van der Waals surface area contributed by atoms with Gasteiger partial charge in [-0.1, -0.05) is 19.1 Å². The van der Waals surface area contributed by atoms with Crippen LogP contribution in [0.4, 0.5) is 4.79 Å². The van der Waals surface area contributed by atoms with Gasteiger partial charge in [0.05, 0.1) is 13.0 Å². The zero-order chi connectivity index (χ0) is 17.5. The summed E-state index contributed by atoms with van der Waals surface area (Å²) in [4.78, 5) is 25.0. The smallest absolute Gasteiger partial charge is 0.317 e. The fourth-order valence-electron chi connectivity index (χ4n) is 3.09. The van der Waals surface area contributed by atoms with Crippen molar-refractivity contribution in [1.29, 1.82) is 0 Å². The van der Waals surface area contributed by atoms with E-state index < -0.39 is 11.9 Å². The van der Waals surface area contributed by atoms with Gasteiger partial charge in [-0.05, 0) is 42.9 Å². The number of methoxy groups -OCH3 is 1. The minimum Gasteiger partial charge on any atom is -0.497 e. The van der Waals surface area contributed by atoms with Crippen molar-refractivity contribution >= 4 is 12.0 Å². The van der Waals surface area contributed by atoms with Crippen LogP contribution in [-0.4, -0.2) is 48.8 Å². The van der Waals surface area contributed by atoms with Crippen LogP contribution in [0, 0.1) is 11.8 Å². The highest BCUT2D eigenvalue weighted by Crippen LogP contribution is 2.21. The maximum atomic E-state index is 12.2. The molecule has 132 valence electrons. The second-order valence-electron chi connectivity index (χ2n) is 6.46. The van der Waals surface area contributed by atoms with Crippen LogP contribution in [0.15, 0.2) is 24.3 Å². The minimum atomic E-state index is -0.821. The first kappa shape index (κ1) is 18.1. The van der Waals surface area contributed by atoms with E-state index in [2.05, 4.69) is 5.32 Å². The fourth-order valence-corrected chi connectivity index (χ4v) is 3.09. The Morgan fingerprint density at radius 1 is 1.29 bits per heavy atom. The Morgan fingerprint density at radius 3 is 2.62 bits per heavy atom. The summed E-state index contributed by atoms with van der Waals surface area (Å²) < 4.78 is 5.12. The molecule has 2 rings (SSSR count). The molecule has 1 aliphatic heterocycles. The Bertz CT molecular complexity index is 559. The number of aryl methyl sites for hydroxylation is 1. The summed E-state index contributed by atoms with van der Waals surface area (Å²) >= 11 is 0. The Labute approximate surface area is 142 Å². The lowest BCUT2D eigenvalue weighted by Crippen LogP contribution is -2.49. The van der Waals surface area contributed by atoms with Crippen LogP contribution in [0.1, 0.15) is 25.3 Å². The van der Waals surface area contributed by atoms with Crippen molar-refractivity contribution in [3.8, 4) is 5.75 Å². The molecule has 0 saturated carbocycles. The van der Waals surface area contributed by atoms with Gasteiger partial charge in [0.1, 0.15) is 5.75 Å². The number of urea groups is 1. The van der Waals surface area contributed by atoms with Gasteiger partial charge in [-0.3, -0.25) is 4.79 Å². The molecule has 2 N–H and O–H groups in total. The average Bonchev–Trinajstić information content (AvgIpc) is 2.58.